The van der Waals surface area contributed by atoms with Gasteiger partial charge in [0.2, 0.25) is 5.91 Å². The molecule has 0 radical (unpaired) electrons. The Morgan fingerprint density at radius 3 is 2.79 bits per heavy atom. The predicted octanol–water partition coefficient (Wildman–Crippen LogP) is 2.45. The number of rotatable bonds is 5. The van der Waals surface area contributed by atoms with Crippen molar-refractivity contribution in [1.29, 1.82) is 0 Å². The molecule has 1 aliphatic heterocycles. The number of hydrogen-bond donors (Lipinski definition) is 1. The summed E-state index contributed by atoms with van der Waals surface area (Å²) in [6.07, 6.45) is 4.11. The highest BCUT2D eigenvalue weighted by atomic mass is 16.6. The second-order valence-electron chi connectivity index (χ2n) is 5.78. The molecular formula is C17H18N4O3. The summed E-state index contributed by atoms with van der Waals surface area (Å²) < 4.78 is 0. The summed E-state index contributed by atoms with van der Waals surface area (Å²) in [6.45, 7) is 2.54. The number of nitrogens with one attached hydrogen (secondary N) is 1. The third-order valence-corrected chi connectivity index (χ3v) is 4.22. The molecule has 1 saturated heterocycles. The average Bonchev–Trinajstić information content (AvgIpc) is 2.96. The molecule has 7 nitrogen and oxygen atoms in total. The minimum Gasteiger partial charge on any atom is -0.311 e. The first kappa shape index (κ1) is 16.1. The number of carbonyl (C=O) groups is 1. The maximum Gasteiger partial charge on any atom is 0.271 e. The molecule has 2 heterocycles. The zero-order valence-electron chi connectivity index (χ0n) is 13.3. The third-order valence-electron chi connectivity index (χ3n) is 4.22. The van der Waals surface area contributed by atoms with Crippen LogP contribution in [0.5, 0.6) is 0 Å². The molecule has 1 amide bonds. The molecule has 0 bridgehead atoms. The van der Waals surface area contributed by atoms with Gasteiger partial charge in [-0.05, 0) is 37.1 Å². The Labute approximate surface area is 139 Å². The van der Waals surface area contributed by atoms with Crippen LogP contribution in [0.3, 0.4) is 0 Å². The van der Waals surface area contributed by atoms with Crippen molar-refractivity contribution < 1.29 is 9.72 Å². The first-order valence-corrected chi connectivity index (χ1v) is 7.78. The van der Waals surface area contributed by atoms with E-state index in [0.29, 0.717) is 18.7 Å². The normalized spacial score (nSPS) is 18.6. The van der Waals surface area contributed by atoms with E-state index in [1.165, 1.54) is 12.1 Å². The van der Waals surface area contributed by atoms with Crippen molar-refractivity contribution in [2.75, 3.05) is 11.4 Å². The second-order valence-corrected chi connectivity index (χ2v) is 5.78. The van der Waals surface area contributed by atoms with Crippen LogP contribution in [0.25, 0.3) is 0 Å². The maximum absolute atomic E-state index is 12.6. The minimum absolute atomic E-state index is 0.0122. The highest BCUT2D eigenvalue weighted by Crippen LogP contribution is 2.26. The first-order valence-electron chi connectivity index (χ1n) is 7.78. The lowest BCUT2D eigenvalue weighted by molar-refractivity contribution is -0.384. The van der Waals surface area contributed by atoms with E-state index < -0.39 is 4.92 Å². The number of pyridine rings is 1. The molecule has 1 N–H and O–H groups in total. The minimum atomic E-state index is -0.453. The van der Waals surface area contributed by atoms with Crippen LogP contribution < -0.4 is 10.2 Å². The second kappa shape index (κ2) is 6.76. The number of amides is 1. The summed E-state index contributed by atoms with van der Waals surface area (Å²) >= 11 is 0. The van der Waals surface area contributed by atoms with Crippen LogP contribution in [0.1, 0.15) is 24.9 Å². The van der Waals surface area contributed by atoms with Gasteiger partial charge in [0.25, 0.3) is 5.69 Å². The molecule has 2 aromatic rings. The van der Waals surface area contributed by atoms with Crippen LogP contribution in [0.4, 0.5) is 11.4 Å². The SMILES string of the molecule is CC(NC1CCN(c2cccc([N+](=O)[O-])c2)C1=O)c1ccncc1. The van der Waals surface area contributed by atoms with Gasteiger partial charge >= 0.3 is 0 Å². The van der Waals surface area contributed by atoms with Crippen LogP contribution in [0.2, 0.25) is 0 Å². The highest BCUT2D eigenvalue weighted by Gasteiger charge is 2.33. The molecule has 1 fully saturated rings. The van der Waals surface area contributed by atoms with Gasteiger partial charge in [-0.25, -0.2) is 0 Å². The molecule has 2 atom stereocenters. The summed E-state index contributed by atoms with van der Waals surface area (Å²) in [5, 5.41) is 14.2. The number of aromatic nitrogens is 1. The topological polar surface area (TPSA) is 88.4 Å². The number of non-ortho nitro benzene ring substituents is 1. The van der Waals surface area contributed by atoms with Gasteiger partial charge in [0, 0.05) is 37.1 Å². The molecule has 0 spiro atoms. The average molecular weight is 326 g/mol. The zero-order valence-corrected chi connectivity index (χ0v) is 13.3. The van der Waals surface area contributed by atoms with Gasteiger partial charge in [-0.3, -0.25) is 25.2 Å². The fraction of sp³-hybridized carbons (Fsp3) is 0.294. The van der Waals surface area contributed by atoms with Gasteiger partial charge in [0.1, 0.15) is 0 Å². The molecule has 0 saturated carbocycles. The molecule has 0 aliphatic carbocycles. The van der Waals surface area contributed by atoms with E-state index in [-0.39, 0.29) is 23.7 Å². The largest absolute Gasteiger partial charge is 0.311 e. The lowest BCUT2D eigenvalue weighted by Gasteiger charge is -2.20. The fourth-order valence-corrected chi connectivity index (χ4v) is 2.92. The van der Waals surface area contributed by atoms with Gasteiger partial charge in [0.15, 0.2) is 0 Å². The van der Waals surface area contributed by atoms with Crippen LogP contribution in [-0.2, 0) is 4.79 Å². The molecule has 3 rings (SSSR count). The number of anilines is 1. The van der Waals surface area contributed by atoms with E-state index >= 15 is 0 Å². The summed E-state index contributed by atoms with van der Waals surface area (Å²) in [7, 11) is 0. The van der Waals surface area contributed by atoms with Crippen LogP contribution in [-0.4, -0.2) is 28.4 Å². The third kappa shape index (κ3) is 3.26. The first-order chi connectivity index (χ1) is 11.6. The lowest BCUT2D eigenvalue weighted by atomic mass is 10.1. The van der Waals surface area contributed by atoms with Crippen molar-refractivity contribution in [2.45, 2.75) is 25.4 Å². The number of carbonyl (C=O) groups excluding carboxylic acids is 1. The van der Waals surface area contributed by atoms with Crippen molar-refractivity contribution in [1.82, 2.24) is 10.3 Å². The Morgan fingerprint density at radius 2 is 2.08 bits per heavy atom. The zero-order chi connectivity index (χ0) is 17.1. The van der Waals surface area contributed by atoms with E-state index in [1.807, 2.05) is 19.1 Å². The Hall–Kier alpha value is -2.80. The Morgan fingerprint density at radius 1 is 1.33 bits per heavy atom. The number of nitro groups is 1. The number of benzene rings is 1. The van der Waals surface area contributed by atoms with Crippen LogP contribution in [0, 0.1) is 10.1 Å². The monoisotopic (exact) mass is 326 g/mol. The molecule has 24 heavy (non-hydrogen) atoms. The van der Waals surface area contributed by atoms with Gasteiger partial charge in [0.05, 0.1) is 16.7 Å². The number of nitrogens with zero attached hydrogens (tertiary/aromatic N) is 3. The Balaban J connectivity index is 1.71. The van der Waals surface area contributed by atoms with Crippen LogP contribution in [0.15, 0.2) is 48.8 Å². The van der Waals surface area contributed by atoms with Gasteiger partial charge in [-0.15, -0.1) is 0 Å². The van der Waals surface area contributed by atoms with Crippen molar-refractivity contribution in [2.24, 2.45) is 0 Å². The van der Waals surface area contributed by atoms with Gasteiger partial charge in [-0.2, -0.15) is 0 Å². The van der Waals surface area contributed by atoms with E-state index in [0.717, 1.165) is 5.56 Å². The summed E-state index contributed by atoms with van der Waals surface area (Å²) in [5.74, 6) is -0.0589. The smallest absolute Gasteiger partial charge is 0.271 e. The van der Waals surface area contributed by atoms with E-state index in [1.54, 1.807) is 29.4 Å². The maximum atomic E-state index is 12.6. The standard InChI is InChI=1S/C17H18N4O3/c1-12(13-5-8-18-9-6-13)19-16-7-10-20(17(16)22)14-3-2-4-15(11-14)21(23)24/h2-6,8-9,11-12,16,19H,7,10H2,1H3. The molecule has 7 heteroatoms. The summed E-state index contributed by atoms with van der Waals surface area (Å²) in [5.41, 5.74) is 1.61. The summed E-state index contributed by atoms with van der Waals surface area (Å²) in [4.78, 5) is 28.7. The lowest BCUT2D eigenvalue weighted by Crippen LogP contribution is -2.39. The molecule has 1 aromatic heterocycles. The van der Waals surface area contributed by atoms with E-state index in [2.05, 4.69) is 10.3 Å². The molecule has 1 aromatic carbocycles. The van der Waals surface area contributed by atoms with E-state index in [9.17, 15) is 14.9 Å². The fourth-order valence-electron chi connectivity index (χ4n) is 2.92. The van der Waals surface area contributed by atoms with Crippen molar-refractivity contribution >= 4 is 17.3 Å². The van der Waals surface area contributed by atoms with Crippen molar-refractivity contribution in [3.05, 3.63) is 64.5 Å². The van der Waals surface area contributed by atoms with Crippen LogP contribution >= 0.6 is 0 Å². The molecular weight excluding hydrogens is 308 g/mol. The number of nitro benzene ring substituents is 1. The summed E-state index contributed by atoms with van der Waals surface area (Å²) in [6, 6.07) is 9.73. The van der Waals surface area contributed by atoms with Crippen molar-refractivity contribution in [3.63, 3.8) is 0 Å². The Bertz CT molecular complexity index is 751. The molecule has 1 aliphatic rings. The predicted molar refractivity (Wildman–Crippen MR) is 89.6 cm³/mol. The molecule has 124 valence electrons. The Kier molecular flexibility index (Phi) is 4.52. The highest BCUT2D eigenvalue weighted by molar-refractivity contribution is 5.99. The van der Waals surface area contributed by atoms with Gasteiger partial charge in [-0.1, -0.05) is 6.07 Å². The van der Waals surface area contributed by atoms with Crippen molar-refractivity contribution in [3.8, 4) is 0 Å². The quantitative estimate of drug-likeness (QED) is 0.673. The molecule has 2 unspecified atom stereocenters. The van der Waals surface area contributed by atoms with Gasteiger partial charge < -0.3 is 4.90 Å². The van der Waals surface area contributed by atoms with E-state index in [4.69, 9.17) is 0 Å². The number of hydrogen-bond acceptors (Lipinski definition) is 5.